The van der Waals surface area contributed by atoms with Crippen LogP contribution < -0.4 is 0 Å². The molecule has 17 nitrogen and oxygen atoms in total. The highest BCUT2D eigenvalue weighted by Crippen LogP contribution is 2.45. The monoisotopic (exact) mass is 1370 g/mol. The van der Waals surface area contributed by atoms with E-state index >= 15 is 0 Å². The maximum Gasteiger partial charge on any atom is 0.472 e. The van der Waals surface area contributed by atoms with E-state index in [-0.39, 0.29) is 25.7 Å². The normalized spacial score (nSPS) is 14.3. The van der Waals surface area contributed by atoms with E-state index in [4.69, 9.17) is 37.0 Å². The standard InChI is InChI=1S/C75H136O17P2/c1-5-9-13-17-21-25-29-33-34-38-40-44-48-52-56-60-73(78)86-66-71(92-75(80)62-58-54-50-46-42-37-32-28-24-20-16-12-8-4)68-90-94(83,84)88-64-69(76)63-87-93(81,82)89-67-70(91-74(79)61-57-53-49-45-41-36-31-27-23-19-15-11-7-3)65-85-72(77)59-55-51-47-43-39-35-30-26-22-18-14-10-6-2/h21,25-28,30-34,69-71,76H,5-20,22-24,29,35-68H2,1-4H3,(H,81,82)(H,83,84)/b25-21-,30-26-,31-27-,32-28-,34-33-. The van der Waals surface area contributed by atoms with Gasteiger partial charge in [0.25, 0.3) is 0 Å². The summed E-state index contributed by atoms with van der Waals surface area (Å²) in [4.78, 5) is 72.7. The highest BCUT2D eigenvalue weighted by Gasteiger charge is 2.30. The molecule has 0 radical (unpaired) electrons. The minimum atomic E-state index is -4.97. The molecule has 0 bridgehead atoms. The number of aliphatic hydroxyl groups excluding tert-OH is 1. The van der Waals surface area contributed by atoms with Gasteiger partial charge in [-0.25, -0.2) is 9.13 Å². The molecule has 0 aromatic carbocycles. The molecule has 0 saturated heterocycles. The van der Waals surface area contributed by atoms with E-state index in [1.165, 1.54) is 96.3 Å². The van der Waals surface area contributed by atoms with Crippen molar-refractivity contribution in [1.29, 1.82) is 0 Å². The number of allylic oxidation sites excluding steroid dienone is 10. The summed E-state index contributed by atoms with van der Waals surface area (Å²) in [5.41, 5.74) is 0. The van der Waals surface area contributed by atoms with Crippen LogP contribution in [-0.2, 0) is 65.4 Å². The number of aliphatic hydroxyl groups is 1. The molecule has 0 aliphatic rings. The molecule has 0 aromatic heterocycles. The number of esters is 4. The fourth-order valence-electron chi connectivity index (χ4n) is 10.1. The van der Waals surface area contributed by atoms with Gasteiger partial charge in [-0.3, -0.25) is 37.3 Å². The van der Waals surface area contributed by atoms with Crippen LogP contribution in [0.4, 0.5) is 0 Å². The SMILES string of the molecule is CCCCC/C=C\C/C=C\CCCCCCCC(=O)OCC(COP(=O)(O)OCC(O)COP(=O)(O)OCC(COC(=O)CCCCCCC/C=C\CCCCCC)OC(=O)CCCCCCC/C=C\CCCCCC)OC(=O)CCCCCCC/C=C\CCCCCC. The van der Waals surface area contributed by atoms with Crippen LogP contribution >= 0.6 is 15.6 Å². The zero-order valence-electron chi connectivity index (χ0n) is 59.6. The Morgan fingerprint density at radius 3 is 0.819 bits per heavy atom. The Labute approximate surface area is 571 Å². The molecule has 548 valence electrons. The quantitative estimate of drug-likeness (QED) is 0.0169. The molecular weight excluding hydrogens is 1230 g/mol. The molecule has 0 aromatic rings. The maximum absolute atomic E-state index is 13.0. The molecule has 0 spiro atoms. The van der Waals surface area contributed by atoms with Gasteiger partial charge < -0.3 is 33.8 Å². The smallest absolute Gasteiger partial charge is 0.462 e. The van der Waals surface area contributed by atoms with Crippen molar-refractivity contribution in [3.05, 3.63) is 60.8 Å². The molecule has 0 aliphatic carbocycles. The van der Waals surface area contributed by atoms with Crippen molar-refractivity contribution in [2.45, 2.75) is 354 Å². The van der Waals surface area contributed by atoms with Crippen molar-refractivity contribution in [3.63, 3.8) is 0 Å². The second kappa shape index (κ2) is 68.3. The van der Waals surface area contributed by atoms with Crippen LogP contribution in [0, 0.1) is 0 Å². The second-order valence-corrected chi connectivity index (χ2v) is 28.1. The lowest BCUT2D eigenvalue weighted by Gasteiger charge is -2.21. The summed E-state index contributed by atoms with van der Waals surface area (Å²) in [6.07, 6.45) is 65.0. The molecule has 0 aliphatic heterocycles. The van der Waals surface area contributed by atoms with Gasteiger partial charge in [0.1, 0.15) is 19.3 Å². The zero-order valence-corrected chi connectivity index (χ0v) is 61.4. The minimum Gasteiger partial charge on any atom is -0.462 e. The minimum absolute atomic E-state index is 0.0849. The summed E-state index contributed by atoms with van der Waals surface area (Å²) in [5, 5.41) is 10.6. The Morgan fingerprint density at radius 1 is 0.298 bits per heavy atom. The first-order valence-electron chi connectivity index (χ1n) is 37.5. The van der Waals surface area contributed by atoms with Gasteiger partial charge in [0, 0.05) is 25.7 Å². The molecule has 0 amide bonds. The van der Waals surface area contributed by atoms with Crippen molar-refractivity contribution in [3.8, 4) is 0 Å². The zero-order chi connectivity index (χ0) is 69.0. The number of phosphoric acid groups is 2. The van der Waals surface area contributed by atoms with Crippen LogP contribution in [0.25, 0.3) is 0 Å². The van der Waals surface area contributed by atoms with Gasteiger partial charge in [0.05, 0.1) is 26.4 Å². The second-order valence-electron chi connectivity index (χ2n) is 25.2. The summed E-state index contributed by atoms with van der Waals surface area (Å²) in [6, 6.07) is 0. The van der Waals surface area contributed by atoms with E-state index in [2.05, 4.69) is 88.5 Å². The topological polar surface area (TPSA) is 237 Å². The Balaban J connectivity index is 5.34. The van der Waals surface area contributed by atoms with E-state index in [1.54, 1.807) is 0 Å². The van der Waals surface area contributed by atoms with Crippen LogP contribution in [0.2, 0.25) is 0 Å². The van der Waals surface area contributed by atoms with E-state index in [1.807, 2.05) is 0 Å². The van der Waals surface area contributed by atoms with Crippen molar-refractivity contribution in [1.82, 2.24) is 0 Å². The number of carbonyl (C=O) groups is 4. The highest BCUT2D eigenvalue weighted by atomic mass is 31.2. The third-order valence-corrected chi connectivity index (χ3v) is 17.8. The van der Waals surface area contributed by atoms with E-state index in [0.717, 1.165) is 161 Å². The molecule has 19 heteroatoms. The van der Waals surface area contributed by atoms with Crippen molar-refractivity contribution in [2.24, 2.45) is 0 Å². The fourth-order valence-corrected chi connectivity index (χ4v) is 11.7. The number of phosphoric ester groups is 2. The summed E-state index contributed by atoms with van der Waals surface area (Å²) in [7, 11) is -9.94. The van der Waals surface area contributed by atoms with Gasteiger partial charge in [0.15, 0.2) is 12.2 Å². The summed E-state index contributed by atoms with van der Waals surface area (Å²) in [6.45, 7) is 4.79. The molecule has 0 saturated carbocycles. The lowest BCUT2D eigenvalue weighted by Crippen LogP contribution is -2.30. The van der Waals surface area contributed by atoms with Crippen LogP contribution in [-0.4, -0.2) is 96.7 Å². The lowest BCUT2D eigenvalue weighted by molar-refractivity contribution is -0.161. The Bertz CT molecular complexity index is 2030. The Morgan fingerprint density at radius 2 is 0.521 bits per heavy atom. The molecule has 0 heterocycles. The van der Waals surface area contributed by atoms with Gasteiger partial charge in [0.2, 0.25) is 0 Å². The summed E-state index contributed by atoms with van der Waals surface area (Å²) >= 11 is 0. The third-order valence-electron chi connectivity index (χ3n) is 15.9. The predicted octanol–water partition coefficient (Wildman–Crippen LogP) is 21.1. The van der Waals surface area contributed by atoms with Gasteiger partial charge >= 0.3 is 39.5 Å². The number of unbranched alkanes of at least 4 members (excludes halogenated alkanes) is 35. The molecule has 5 unspecified atom stereocenters. The maximum atomic E-state index is 13.0. The van der Waals surface area contributed by atoms with E-state index < -0.39 is 97.5 Å². The third kappa shape index (κ3) is 67.3. The average Bonchev–Trinajstić information content (AvgIpc) is 1.67. The fraction of sp³-hybridized carbons (Fsp3) is 0.813. The largest absolute Gasteiger partial charge is 0.472 e. The number of carbonyl (C=O) groups excluding carboxylic acids is 4. The molecular formula is C75H136O17P2. The van der Waals surface area contributed by atoms with Crippen LogP contribution in [0.1, 0.15) is 336 Å². The summed E-state index contributed by atoms with van der Waals surface area (Å²) in [5.74, 6) is -2.20. The molecule has 3 N–H and O–H groups in total. The Kier molecular flexibility index (Phi) is 65.9. The number of hydrogen-bond acceptors (Lipinski definition) is 15. The number of hydrogen-bond donors (Lipinski definition) is 3. The van der Waals surface area contributed by atoms with Crippen molar-refractivity contribution < 1.29 is 80.2 Å². The predicted molar refractivity (Wildman–Crippen MR) is 381 cm³/mol. The van der Waals surface area contributed by atoms with Crippen LogP contribution in [0.3, 0.4) is 0 Å². The average molecular weight is 1370 g/mol. The lowest BCUT2D eigenvalue weighted by atomic mass is 10.1. The van der Waals surface area contributed by atoms with Gasteiger partial charge in [-0.05, 0) is 135 Å². The molecule has 0 rings (SSSR count). The number of rotatable bonds is 71. The van der Waals surface area contributed by atoms with Crippen LogP contribution in [0.15, 0.2) is 60.8 Å². The first-order valence-corrected chi connectivity index (χ1v) is 40.5. The molecule has 94 heavy (non-hydrogen) atoms. The van der Waals surface area contributed by atoms with E-state index in [0.29, 0.717) is 25.7 Å². The first kappa shape index (κ1) is 90.8. The van der Waals surface area contributed by atoms with Gasteiger partial charge in [-0.2, -0.15) is 0 Å². The van der Waals surface area contributed by atoms with Gasteiger partial charge in [-0.1, -0.05) is 236 Å². The molecule has 5 atom stereocenters. The highest BCUT2D eigenvalue weighted by molar-refractivity contribution is 7.47. The first-order chi connectivity index (χ1) is 45.7. The Hall–Kier alpha value is -3.24. The number of ether oxygens (including phenoxy) is 4. The van der Waals surface area contributed by atoms with Gasteiger partial charge in [-0.15, -0.1) is 0 Å². The van der Waals surface area contributed by atoms with E-state index in [9.17, 15) is 43.2 Å². The van der Waals surface area contributed by atoms with Crippen molar-refractivity contribution >= 4 is 39.5 Å². The summed E-state index contributed by atoms with van der Waals surface area (Å²) < 4.78 is 68.4. The van der Waals surface area contributed by atoms with Crippen LogP contribution in [0.5, 0.6) is 0 Å². The molecule has 0 fully saturated rings. The van der Waals surface area contributed by atoms with Crippen molar-refractivity contribution in [2.75, 3.05) is 39.6 Å².